The number of carbonyl (C=O) groups excluding carboxylic acids is 1. The molecule has 0 unspecified atom stereocenters. The van der Waals surface area contributed by atoms with Crippen LogP contribution in [0, 0.1) is 5.92 Å². The van der Waals surface area contributed by atoms with Gasteiger partial charge in [-0.05, 0) is 39.5 Å². The summed E-state index contributed by atoms with van der Waals surface area (Å²) >= 11 is 0. The van der Waals surface area contributed by atoms with Crippen LogP contribution < -0.4 is 5.32 Å². The third-order valence-electron chi connectivity index (χ3n) is 2.70. The van der Waals surface area contributed by atoms with Gasteiger partial charge in [-0.1, -0.05) is 5.57 Å². The van der Waals surface area contributed by atoms with E-state index in [1.807, 2.05) is 20.0 Å². The Morgan fingerprint density at radius 1 is 1.43 bits per heavy atom. The molecule has 0 aromatic heterocycles. The van der Waals surface area contributed by atoms with Gasteiger partial charge in [-0.3, -0.25) is 0 Å². The van der Waals surface area contributed by atoms with Crippen LogP contribution >= 0.6 is 0 Å². The van der Waals surface area contributed by atoms with E-state index in [1.54, 1.807) is 4.90 Å². The van der Waals surface area contributed by atoms with Crippen LogP contribution in [0.2, 0.25) is 0 Å². The van der Waals surface area contributed by atoms with Crippen LogP contribution in [-0.4, -0.2) is 24.0 Å². The minimum atomic E-state index is 0.00926. The molecule has 0 spiro atoms. The summed E-state index contributed by atoms with van der Waals surface area (Å²) < 4.78 is 0. The fourth-order valence-corrected chi connectivity index (χ4v) is 1.43. The Labute approximate surface area is 86.2 Å². The second kappa shape index (κ2) is 5.03. The quantitative estimate of drug-likeness (QED) is 0.735. The molecular formula is C11H20N2O. The molecular weight excluding hydrogens is 176 g/mol. The molecule has 1 aliphatic rings. The minimum absolute atomic E-state index is 0.00926. The summed E-state index contributed by atoms with van der Waals surface area (Å²) in [5.74, 6) is 0.729. The highest BCUT2D eigenvalue weighted by Gasteiger charge is 2.23. The van der Waals surface area contributed by atoms with E-state index in [2.05, 4.69) is 12.2 Å². The third kappa shape index (κ3) is 3.05. The van der Waals surface area contributed by atoms with Gasteiger partial charge >= 0.3 is 6.03 Å². The predicted molar refractivity (Wildman–Crippen MR) is 57.9 cm³/mol. The molecule has 0 atom stereocenters. The van der Waals surface area contributed by atoms with Crippen LogP contribution in [0.25, 0.3) is 0 Å². The monoisotopic (exact) mass is 196 g/mol. The molecule has 1 N–H and O–H groups in total. The highest BCUT2D eigenvalue weighted by atomic mass is 16.2. The number of nitrogens with one attached hydrogen (secondary N) is 1. The predicted octanol–water partition coefficient (Wildman–Crippen LogP) is 2.35. The number of allylic oxidation sites excluding steroid dienone is 1. The van der Waals surface area contributed by atoms with E-state index in [0.29, 0.717) is 0 Å². The van der Waals surface area contributed by atoms with Gasteiger partial charge in [-0.2, -0.15) is 0 Å². The first kappa shape index (κ1) is 11.1. The molecule has 3 nitrogen and oxygen atoms in total. The van der Waals surface area contributed by atoms with Crippen molar-refractivity contribution in [1.29, 1.82) is 0 Å². The zero-order valence-corrected chi connectivity index (χ0v) is 9.34. The van der Waals surface area contributed by atoms with Gasteiger partial charge in [0.2, 0.25) is 0 Å². The van der Waals surface area contributed by atoms with E-state index in [-0.39, 0.29) is 6.03 Å². The van der Waals surface area contributed by atoms with Crippen LogP contribution in [0.1, 0.15) is 33.6 Å². The molecule has 0 saturated heterocycles. The normalized spacial score (nSPS) is 16.6. The van der Waals surface area contributed by atoms with Crippen LogP contribution in [0.15, 0.2) is 11.8 Å². The highest BCUT2D eigenvalue weighted by molar-refractivity contribution is 5.75. The molecule has 0 heterocycles. The summed E-state index contributed by atoms with van der Waals surface area (Å²) in [5, 5.41) is 2.83. The maximum Gasteiger partial charge on any atom is 0.321 e. The van der Waals surface area contributed by atoms with Gasteiger partial charge in [-0.25, -0.2) is 4.79 Å². The Bertz CT molecular complexity index is 227. The lowest BCUT2D eigenvalue weighted by molar-refractivity contribution is 0.207. The lowest BCUT2D eigenvalue weighted by atomic mass is 10.2. The maximum absolute atomic E-state index is 11.5. The third-order valence-corrected chi connectivity index (χ3v) is 2.70. The van der Waals surface area contributed by atoms with Gasteiger partial charge in [0.25, 0.3) is 0 Å². The van der Waals surface area contributed by atoms with Crippen molar-refractivity contribution < 1.29 is 4.79 Å². The molecule has 80 valence electrons. The fourth-order valence-electron chi connectivity index (χ4n) is 1.43. The van der Waals surface area contributed by atoms with Gasteiger partial charge in [-0.15, -0.1) is 0 Å². The summed E-state index contributed by atoms with van der Waals surface area (Å²) in [5.41, 5.74) is 1.30. The maximum atomic E-state index is 11.5. The topological polar surface area (TPSA) is 32.3 Å². The average Bonchev–Trinajstić information content (AvgIpc) is 2.99. The zero-order chi connectivity index (χ0) is 10.6. The summed E-state index contributed by atoms with van der Waals surface area (Å²) in [6.07, 6.45) is 4.42. The zero-order valence-electron chi connectivity index (χ0n) is 9.34. The SMILES string of the molecule is CCN(CC)C(=O)N/C=C(\C)C1CC1. The number of amides is 2. The molecule has 0 aromatic rings. The molecule has 1 fully saturated rings. The number of hydrogen-bond acceptors (Lipinski definition) is 1. The van der Waals surface area contributed by atoms with Crippen molar-refractivity contribution in [2.45, 2.75) is 33.6 Å². The molecule has 1 aliphatic carbocycles. The summed E-state index contributed by atoms with van der Waals surface area (Å²) in [7, 11) is 0. The van der Waals surface area contributed by atoms with E-state index in [0.717, 1.165) is 19.0 Å². The lowest BCUT2D eigenvalue weighted by Crippen LogP contribution is -2.37. The number of rotatable bonds is 4. The molecule has 0 radical (unpaired) electrons. The highest BCUT2D eigenvalue weighted by Crippen LogP contribution is 2.35. The molecule has 0 bridgehead atoms. The first-order valence-electron chi connectivity index (χ1n) is 5.41. The number of nitrogens with zero attached hydrogens (tertiary/aromatic N) is 1. The van der Waals surface area contributed by atoms with E-state index in [1.165, 1.54) is 18.4 Å². The van der Waals surface area contributed by atoms with E-state index in [4.69, 9.17) is 0 Å². The fraction of sp³-hybridized carbons (Fsp3) is 0.727. The van der Waals surface area contributed by atoms with Crippen LogP contribution in [0.5, 0.6) is 0 Å². The molecule has 3 heteroatoms. The van der Waals surface area contributed by atoms with Crippen LogP contribution in [0.3, 0.4) is 0 Å². The van der Waals surface area contributed by atoms with Crippen molar-refractivity contribution in [2.75, 3.05) is 13.1 Å². The van der Waals surface area contributed by atoms with Crippen LogP contribution in [-0.2, 0) is 0 Å². The summed E-state index contributed by atoms with van der Waals surface area (Å²) in [6.45, 7) is 7.58. The first-order chi connectivity index (χ1) is 6.69. The molecule has 14 heavy (non-hydrogen) atoms. The summed E-state index contributed by atoms with van der Waals surface area (Å²) in [6, 6.07) is 0.00926. The van der Waals surface area contributed by atoms with E-state index in [9.17, 15) is 4.79 Å². The lowest BCUT2D eigenvalue weighted by Gasteiger charge is -2.17. The second-order valence-electron chi connectivity index (χ2n) is 3.78. The van der Waals surface area contributed by atoms with Gasteiger partial charge in [0.15, 0.2) is 0 Å². The Morgan fingerprint density at radius 3 is 2.43 bits per heavy atom. The van der Waals surface area contributed by atoms with Crippen molar-refractivity contribution in [2.24, 2.45) is 5.92 Å². The van der Waals surface area contributed by atoms with Gasteiger partial charge in [0, 0.05) is 19.3 Å². The van der Waals surface area contributed by atoms with Crippen molar-refractivity contribution in [3.8, 4) is 0 Å². The van der Waals surface area contributed by atoms with Gasteiger partial charge < -0.3 is 10.2 Å². The number of carbonyl (C=O) groups is 1. The molecule has 0 aliphatic heterocycles. The largest absolute Gasteiger partial charge is 0.325 e. The van der Waals surface area contributed by atoms with Crippen molar-refractivity contribution in [1.82, 2.24) is 10.2 Å². The Morgan fingerprint density at radius 2 is 2.00 bits per heavy atom. The standard InChI is InChI=1S/C11H20N2O/c1-4-13(5-2)11(14)12-8-9(3)10-6-7-10/h8,10H,4-7H2,1-3H3,(H,12,14)/b9-8+. The first-order valence-corrected chi connectivity index (χ1v) is 5.41. The Hall–Kier alpha value is -0.990. The van der Waals surface area contributed by atoms with Crippen molar-refractivity contribution >= 4 is 6.03 Å². The average molecular weight is 196 g/mol. The van der Waals surface area contributed by atoms with Crippen molar-refractivity contribution in [3.05, 3.63) is 11.8 Å². The van der Waals surface area contributed by atoms with Gasteiger partial charge in [0.05, 0.1) is 0 Å². The van der Waals surface area contributed by atoms with Crippen molar-refractivity contribution in [3.63, 3.8) is 0 Å². The molecule has 0 aromatic carbocycles. The second-order valence-corrected chi connectivity index (χ2v) is 3.78. The van der Waals surface area contributed by atoms with E-state index < -0.39 is 0 Å². The van der Waals surface area contributed by atoms with E-state index >= 15 is 0 Å². The van der Waals surface area contributed by atoms with Gasteiger partial charge in [0.1, 0.15) is 0 Å². The number of urea groups is 1. The Kier molecular flexibility index (Phi) is 3.98. The molecule has 1 rings (SSSR count). The Balaban J connectivity index is 2.35. The van der Waals surface area contributed by atoms with Crippen LogP contribution in [0.4, 0.5) is 4.79 Å². The smallest absolute Gasteiger partial charge is 0.321 e. The minimum Gasteiger partial charge on any atom is -0.325 e. The summed E-state index contributed by atoms with van der Waals surface area (Å²) in [4.78, 5) is 13.3. The number of hydrogen-bond donors (Lipinski definition) is 1. The molecule has 2 amide bonds. The molecule has 1 saturated carbocycles.